The predicted octanol–water partition coefficient (Wildman–Crippen LogP) is 4.20. The van der Waals surface area contributed by atoms with Crippen molar-refractivity contribution in [2.24, 2.45) is 0 Å². The second-order valence-electron chi connectivity index (χ2n) is 4.44. The van der Waals surface area contributed by atoms with Crippen LogP contribution in [0.1, 0.15) is 31.9 Å². The molecule has 0 amide bonds. The van der Waals surface area contributed by atoms with Crippen molar-refractivity contribution in [2.75, 3.05) is 11.9 Å². The summed E-state index contributed by atoms with van der Waals surface area (Å²) in [7, 11) is 0. The van der Waals surface area contributed by atoms with Crippen LogP contribution >= 0.6 is 15.9 Å². The van der Waals surface area contributed by atoms with Crippen molar-refractivity contribution in [3.05, 3.63) is 46.7 Å². The van der Waals surface area contributed by atoms with Gasteiger partial charge in [-0.3, -0.25) is 0 Å². The van der Waals surface area contributed by atoms with Gasteiger partial charge in [0.25, 0.3) is 0 Å². The minimum absolute atomic E-state index is 0.0681. The lowest BCUT2D eigenvalue weighted by Crippen LogP contribution is -2.08. The van der Waals surface area contributed by atoms with E-state index >= 15 is 0 Å². The van der Waals surface area contributed by atoms with E-state index < -0.39 is 0 Å². The van der Waals surface area contributed by atoms with Crippen molar-refractivity contribution in [3.63, 3.8) is 0 Å². The first kappa shape index (κ1) is 14.8. The highest BCUT2D eigenvalue weighted by Gasteiger charge is 2.13. The molecule has 0 bridgehead atoms. The van der Waals surface area contributed by atoms with Gasteiger partial charge < -0.3 is 10.1 Å². The number of nitrogens with zero attached hydrogens (tertiary/aromatic N) is 2. The molecule has 0 aliphatic carbocycles. The van der Waals surface area contributed by atoms with Gasteiger partial charge >= 0.3 is 0 Å². The SMILES string of the molecule is CCCNc1ncnc(OC(C)c2ccccc2)c1Br. The summed E-state index contributed by atoms with van der Waals surface area (Å²) in [6.07, 6.45) is 2.48. The largest absolute Gasteiger partial charge is 0.469 e. The smallest absolute Gasteiger partial charge is 0.233 e. The Morgan fingerprint density at radius 1 is 1.25 bits per heavy atom. The van der Waals surface area contributed by atoms with E-state index in [0.717, 1.165) is 28.8 Å². The molecule has 1 N–H and O–H groups in total. The second-order valence-corrected chi connectivity index (χ2v) is 5.23. The third-order valence-electron chi connectivity index (χ3n) is 2.86. The van der Waals surface area contributed by atoms with Gasteiger partial charge in [-0.05, 0) is 34.8 Å². The van der Waals surface area contributed by atoms with Crippen LogP contribution in [-0.2, 0) is 0 Å². The molecule has 0 saturated carbocycles. The van der Waals surface area contributed by atoms with Gasteiger partial charge in [-0.1, -0.05) is 37.3 Å². The molecule has 1 aromatic heterocycles. The zero-order valence-corrected chi connectivity index (χ0v) is 13.2. The Kier molecular flexibility index (Phi) is 5.35. The summed E-state index contributed by atoms with van der Waals surface area (Å²) in [5.74, 6) is 1.31. The molecular formula is C15H18BrN3O. The number of aromatic nitrogens is 2. The van der Waals surface area contributed by atoms with Gasteiger partial charge in [-0.15, -0.1) is 0 Å². The highest BCUT2D eigenvalue weighted by Crippen LogP contribution is 2.31. The van der Waals surface area contributed by atoms with Crippen molar-refractivity contribution in [1.82, 2.24) is 9.97 Å². The summed E-state index contributed by atoms with van der Waals surface area (Å²) in [5, 5.41) is 3.24. The lowest BCUT2D eigenvalue weighted by Gasteiger charge is -2.16. The average molecular weight is 336 g/mol. The van der Waals surface area contributed by atoms with Crippen LogP contribution < -0.4 is 10.1 Å². The van der Waals surface area contributed by atoms with Crippen molar-refractivity contribution < 1.29 is 4.74 Å². The van der Waals surface area contributed by atoms with E-state index in [1.165, 1.54) is 6.33 Å². The molecule has 1 heterocycles. The average Bonchev–Trinajstić information content (AvgIpc) is 2.49. The molecule has 0 spiro atoms. The molecule has 0 aliphatic rings. The third kappa shape index (κ3) is 3.70. The molecule has 0 saturated heterocycles. The first-order valence-corrected chi connectivity index (χ1v) is 7.47. The Labute approximate surface area is 127 Å². The number of hydrogen-bond donors (Lipinski definition) is 1. The molecule has 2 aromatic rings. The van der Waals surface area contributed by atoms with Crippen molar-refractivity contribution in [2.45, 2.75) is 26.4 Å². The molecule has 0 fully saturated rings. The van der Waals surface area contributed by atoms with E-state index in [0.29, 0.717) is 5.88 Å². The fourth-order valence-electron chi connectivity index (χ4n) is 1.76. The number of hydrogen-bond acceptors (Lipinski definition) is 4. The van der Waals surface area contributed by atoms with Crippen molar-refractivity contribution >= 4 is 21.7 Å². The normalized spacial score (nSPS) is 11.9. The first-order valence-electron chi connectivity index (χ1n) is 6.68. The maximum Gasteiger partial charge on any atom is 0.233 e. The minimum atomic E-state index is -0.0681. The van der Waals surface area contributed by atoms with E-state index in [2.05, 4.69) is 38.1 Å². The number of rotatable bonds is 6. The molecule has 1 atom stereocenters. The quantitative estimate of drug-likeness (QED) is 0.859. The first-order chi connectivity index (χ1) is 9.72. The van der Waals surface area contributed by atoms with Crippen LogP contribution in [0.4, 0.5) is 5.82 Å². The summed E-state index contributed by atoms with van der Waals surface area (Å²) in [6.45, 7) is 4.98. The van der Waals surface area contributed by atoms with Gasteiger partial charge in [0.05, 0.1) is 0 Å². The highest BCUT2D eigenvalue weighted by atomic mass is 79.9. The van der Waals surface area contributed by atoms with Gasteiger partial charge in [-0.25, -0.2) is 9.97 Å². The van der Waals surface area contributed by atoms with Crippen LogP contribution in [-0.4, -0.2) is 16.5 Å². The fraction of sp³-hybridized carbons (Fsp3) is 0.333. The molecule has 0 aliphatic heterocycles. The standard InChI is InChI=1S/C15H18BrN3O/c1-3-9-17-14-13(16)15(19-10-18-14)20-11(2)12-7-5-4-6-8-12/h4-8,10-11H,3,9H2,1-2H3,(H,17,18,19). The second kappa shape index (κ2) is 7.24. The Hall–Kier alpha value is -1.62. The van der Waals surface area contributed by atoms with Crippen LogP contribution in [0, 0.1) is 0 Å². The highest BCUT2D eigenvalue weighted by molar-refractivity contribution is 9.10. The summed E-state index contributed by atoms with van der Waals surface area (Å²) in [6, 6.07) is 10.1. The Balaban J connectivity index is 2.13. The van der Waals surface area contributed by atoms with Gasteiger partial charge in [0.15, 0.2) is 0 Å². The van der Waals surface area contributed by atoms with Gasteiger partial charge in [0.2, 0.25) is 5.88 Å². The van der Waals surface area contributed by atoms with Crippen LogP contribution in [0.25, 0.3) is 0 Å². The lowest BCUT2D eigenvalue weighted by molar-refractivity contribution is 0.215. The molecule has 1 aromatic carbocycles. The maximum absolute atomic E-state index is 5.91. The molecule has 4 nitrogen and oxygen atoms in total. The van der Waals surface area contributed by atoms with Gasteiger partial charge in [-0.2, -0.15) is 0 Å². The molecule has 0 radical (unpaired) electrons. The molecular weight excluding hydrogens is 318 g/mol. The van der Waals surface area contributed by atoms with Crippen molar-refractivity contribution in [1.29, 1.82) is 0 Å². The van der Waals surface area contributed by atoms with E-state index in [-0.39, 0.29) is 6.10 Å². The Morgan fingerprint density at radius 2 is 2.00 bits per heavy atom. The van der Waals surface area contributed by atoms with Crippen LogP contribution in [0.3, 0.4) is 0 Å². The number of anilines is 1. The van der Waals surface area contributed by atoms with E-state index in [1.54, 1.807) is 0 Å². The summed E-state index contributed by atoms with van der Waals surface area (Å²) in [5.41, 5.74) is 1.11. The molecule has 106 valence electrons. The van der Waals surface area contributed by atoms with E-state index in [4.69, 9.17) is 4.74 Å². The van der Waals surface area contributed by atoms with Crippen molar-refractivity contribution in [3.8, 4) is 5.88 Å². The summed E-state index contributed by atoms with van der Waals surface area (Å²) in [4.78, 5) is 8.40. The molecule has 2 rings (SSSR count). The molecule has 5 heteroatoms. The number of benzene rings is 1. The van der Waals surface area contributed by atoms with Gasteiger partial charge in [0.1, 0.15) is 22.7 Å². The topological polar surface area (TPSA) is 47.0 Å². The molecule has 20 heavy (non-hydrogen) atoms. The summed E-state index contributed by atoms with van der Waals surface area (Å²) >= 11 is 3.50. The van der Waals surface area contributed by atoms with E-state index in [9.17, 15) is 0 Å². The van der Waals surface area contributed by atoms with Gasteiger partial charge in [0, 0.05) is 6.54 Å². The zero-order valence-electron chi connectivity index (χ0n) is 11.6. The minimum Gasteiger partial charge on any atom is -0.469 e. The van der Waals surface area contributed by atoms with Crippen LogP contribution in [0.5, 0.6) is 5.88 Å². The number of ether oxygens (including phenoxy) is 1. The maximum atomic E-state index is 5.91. The predicted molar refractivity (Wildman–Crippen MR) is 84.0 cm³/mol. The Bertz CT molecular complexity index is 548. The Morgan fingerprint density at radius 3 is 2.70 bits per heavy atom. The summed E-state index contributed by atoms with van der Waals surface area (Å²) < 4.78 is 6.67. The number of halogens is 1. The lowest BCUT2D eigenvalue weighted by atomic mass is 10.1. The van der Waals surface area contributed by atoms with Crippen LogP contribution in [0.2, 0.25) is 0 Å². The monoisotopic (exact) mass is 335 g/mol. The fourth-order valence-corrected chi connectivity index (χ4v) is 2.20. The number of nitrogens with one attached hydrogen (secondary N) is 1. The zero-order chi connectivity index (χ0) is 14.4. The van der Waals surface area contributed by atoms with Crippen LogP contribution in [0.15, 0.2) is 41.1 Å². The molecule has 1 unspecified atom stereocenters. The van der Waals surface area contributed by atoms with E-state index in [1.807, 2.05) is 37.3 Å². The third-order valence-corrected chi connectivity index (χ3v) is 3.57.